The van der Waals surface area contributed by atoms with Gasteiger partial charge in [-0.3, -0.25) is 0 Å². The van der Waals surface area contributed by atoms with Crippen molar-refractivity contribution in [2.45, 2.75) is 0 Å². The number of methoxy groups -OCH3 is 2. The Morgan fingerprint density at radius 3 is 2.21 bits per heavy atom. The van der Waals surface area contributed by atoms with E-state index in [2.05, 4.69) is 21.0 Å². The van der Waals surface area contributed by atoms with E-state index in [0.29, 0.717) is 15.7 Å². The van der Waals surface area contributed by atoms with Crippen molar-refractivity contribution in [2.75, 3.05) is 14.2 Å². The Labute approximate surface area is 179 Å². The summed E-state index contributed by atoms with van der Waals surface area (Å²) in [6, 6.07) is 12.2. The highest BCUT2D eigenvalue weighted by molar-refractivity contribution is 9.10. The van der Waals surface area contributed by atoms with Gasteiger partial charge in [0.05, 0.1) is 30.0 Å². The fourth-order valence-electron chi connectivity index (χ4n) is 2.65. The van der Waals surface area contributed by atoms with Crippen molar-refractivity contribution in [3.05, 3.63) is 68.2 Å². The van der Waals surface area contributed by atoms with Crippen molar-refractivity contribution in [1.82, 2.24) is 9.78 Å². The van der Waals surface area contributed by atoms with Crippen molar-refractivity contribution in [3.63, 3.8) is 0 Å². The van der Waals surface area contributed by atoms with E-state index < -0.39 is 11.9 Å². The van der Waals surface area contributed by atoms with Crippen molar-refractivity contribution < 1.29 is 19.1 Å². The topological polar surface area (TPSA) is 70.4 Å². The Kier molecular flexibility index (Phi) is 6.07. The van der Waals surface area contributed by atoms with E-state index in [0.717, 1.165) is 0 Å². The minimum absolute atomic E-state index is 0.0708. The average molecular weight is 484 g/mol. The van der Waals surface area contributed by atoms with Crippen LogP contribution in [-0.2, 0) is 9.47 Å². The Balaban J connectivity index is 2.41. The summed E-state index contributed by atoms with van der Waals surface area (Å²) in [5.41, 5.74) is 0.924. The van der Waals surface area contributed by atoms with Gasteiger partial charge in [-0.25, -0.2) is 14.3 Å². The summed E-state index contributed by atoms with van der Waals surface area (Å²) in [7, 11) is 2.43. The first-order valence-electron chi connectivity index (χ1n) is 7.89. The van der Waals surface area contributed by atoms with Gasteiger partial charge < -0.3 is 9.47 Å². The molecule has 0 saturated heterocycles. The molecule has 0 saturated carbocycles. The van der Waals surface area contributed by atoms with Crippen molar-refractivity contribution in [2.24, 2.45) is 0 Å². The first-order valence-corrected chi connectivity index (χ1v) is 9.44. The standard InChI is InChI=1S/C19H13BrCl2N2O4/c1-27-18(25)13-16(11-8-9-12(20)15(22)14(11)21)23-24(17(13)19(26)28-2)10-6-4-3-5-7-10/h3-9H,1-2H3. The van der Waals surface area contributed by atoms with Gasteiger partial charge in [-0.05, 0) is 40.2 Å². The van der Waals surface area contributed by atoms with Crippen LogP contribution < -0.4 is 0 Å². The van der Waals surface area contributed by atoms with Gasteiger partial charge in [0, 0.05) is 10.0 Å². The second-order valence-electron chi connectivity index (χ2n) is 5.53. The SMILES string of the molecule is COC(=O)c1c(-c2ccc(Br)c(Cl)c2Cl)nn(-c2ccccc2)c1C(=O)OC. The highest BCUT2D eigenvalue weighted by Gasteiger charge is 2.32. The Hall–Kier alpha value is -2.35. The molecule has 0 N–H and O–H groups in total. The van der Waals surface area contributed by atoms with Gasteiger partial charge in [0.15, 0.2) is 5.69 Å². The molecule has 1 aromatic heterocycles. The molecule has 1 heterocycles. The molecule has 0 bridgehead atoms. The number of hydrogen-bond acceptors (Lipinski definition) is 5. The van der Waals surface area contributed by atoms with Crippen LogP contribution in [0.4, 0.5) is 0 Å². The number of carbonyl (C=O) groups is 2. The van der Waals surface area contributed by atoms with E-state index in [1.807, 2.05) is 6.07 Å². The first-order chi connectivity index (χ1) is 13.4. The van der Waals surface area contributed by atoms with Crippen LogP contribution in [-0.4, -0.2) is 35.9 Å². The molecule has 0 spiro atoms. The smallest absolute Gasteiger partial charge is 0.357 e. The zero-order valence-electron chi connectivity index (χ0n) is 14.7. The zero-order chi connectivity index (χ0) is 20.4. The highest BCUT2D eigenvalue weighted by Crippen LogP contribution is 2.40. The number of aromatic nitrogens is 2. The highest BCUT2D eigenvalue weighted by atomic mass is 79.9. The fraction of sp³-hybridized carbons (Fsp3) is 0.105. The maximum atomic E-state index is 12.6. The number of rotatable bonds is 4. The second kappa shape index (κ2) is 8.34. The molecule has 0 aliphatic heterocycles. The molecular weight excluding hydrogens is 471 g/mol. The van der Waals surface area contributed by atoms with E-state index in [1.54, 1.807) is 36.4 Å². The van der Waals surface area contributed by atoms with Crippen LogP contribution in [0.5, 0.6) is 0 Å². The molecular formula is C19H13BrCl2N2O4. The van der Waals surface area contributed by atoms with Gasteiger partial charge in [0.2, 0.25) is 0 Å². The lowest BCUT2D eigenvalue weighted by molar-refractivity contribution is 0.0549. The van der Waals surface area contributed by atoms with E-state index in [-0.39, 0.29) is 27.0 Å². The summed E-state index contributed by atoms with van der Waals surface area (Å²) in [5.74, 6) is -1.50. The summed E-state index contributed by atoms with van der Waals surface area (Å²) in [6.07, 6.45) is 0. The van der Waals surface area contributed by atoms with Gasteiger partial charge in [0.1, 0.15) is 11.3 Å². The fourth-order valence-corrected chi connectivity index (χ4v) is 3.52. The lowest BCUT2D eigenvalue weighted by atomic mass is 10.1. The Morgan fingerprint density at radius 2 is 1.61 bits per heavy atom. The molecule has 0 aliphatic carbocycles. The molecule has 0 aliphatic rings. The third-order valence-electron chi connectivity index (χ3n) is 3.94. The van der Waals surface area contributed by atoms with Gasteiger partial charge >= 0.3 is 11.9 Å². The van der Waals surface area contributed by atoms with Gasteiger partial charge in [-0.15, -0.1) is 0 Å². The van der Waals surface area contributed by atoms with Crippen LogP contribution in [0.25, 0.3) is 16.9 Å². The van der Waals surface area contributed by atoms with Crippen LogP contribution >= 0.6 is 39.1 Å². The molecule has 3 rings (SSSR count). The number of nitrogens with zero attached hydrogens (tertiary/aromatic N) is 2. The molecule has 28 heavy (non-hydrogen) atoms. The third kappa shape index (κ3) is 3.53. The van der Waals surface area contributed by atoms with Gasteiger partial charge in [-0.1, -0.05) is 41.4 Å². The number of ether oxygens (including phenoxy) is 2. The molecule has 3 aromatic rings. The summed E-state index contributed by atoms with van der Waals surface area (Å²) in [6.45, 7) is 0. The second-order valence-corrected chi connectivity index (χ2v) is 7.14. The van der Waals surface area contributed by atoms with E-state index in [4.69, 9.17) is 32.7 Å². The summed E-state index contributed by atoms with van der Waals surface area (Å²) in [4.78, 5) is 25.1. The van der Waals surface area contributed by atoms with Crippen LogP contribution in [0, 0.1) is 0 Å². The van der Waals surface area contributed by atoms with Crippen molar-refractivity contribution >= 4 is 51.1 Å². The predicted molar refractivity (Wildman–Crippen MR) is 109 cm³/mol. The predicted octanol–water partition coefficient (Wildman–Crippen LogP) is 5.18. The number of para-hydroxylation sites is 1. The summed E-state index contributed by atoms with van der Waals surface area (Å²) < 4.78 is 11.7. The molecule has 0 atom stereocenters. The van der Waals surface area contributed by atoms with Gasteiger partial charge in [-0.2, -0.15) is 5.10 Å². The maximum Gasteiger partial charge on any atom is 0.357 e. The molecule has 0 fully saturated rings. The quantitative estimate of drug-likeness (QED) is 0.377. The molecule has 2 aromatic carbocycles. The number of carbonyl (C=O) groups excluding carboxylic acids is 2. The average Bonchev–Trinajstić information content (AvgIpc) is 3.12. The number of hydrogen-bond donors (Lipinski definition) is 0. The van der Waals surface area contributed by atoms with Crippen LogP contribution in [0.2, 0.25) is 10.0 Å². The van der Waals surface area contributed by atoms with Gasteiger partial charge in [0.25, 0.3) is 0 Å². The molecule has 144 valence electrons. The molecule has 0 radical (unpaired) electrons. The molecule has 6 nitrogen and oxygen atoms in total. The lowest BCUT2D eigenvalue weighted by Crippen LogP contribution is -2.15. The summed E-state index contributed by atoms with van der Waals surface area (Å²) in [5, 5.41) is 4.91. The summed E-state index contributed by atoms with van der Waals surface area (Å²) >= 11 is 15.9. The number of halogens is 3. The van der Waals surface area contributed by atoms with E-state index in [1.165, 1.54) is 18.9 Å². The largest absolute Gasteiger partial charge is 0.465 e. The van der Waals surface area contributed by atoms with Crippen molar-refractivity contribution in [3.8, 4) is 16.9 Å². The molecule has 9 heteroatoms. The minimum Gasteiger partial charge on any atom is -0.465 e. The Morgan fingerprint density at radius 1 is 0.964 bits per heavy atom. The minimum atomic E-state index is -0.757. The van der Waals surface area contributed by atoms with Crippen LogP contribution in [0.3, 0.4) is 0 Å². The van der Waals surface area contributed by atoms with E-state index >= 15 is 0 Å². The molecule has 0 amide bonds. The normalized spacial score (nSPS) is 10.6. The molecule has 0 unspecified atom stereocenters. The number of benzene rings is 2. The van der Waals surface area contributed by atoms with E-state index in [9.17, 15) is 9.59 Å². The van der Waals surface area contributed by atoms with Crippen LogP contribution in [0.1, 0.15) is 20.8 Å². The third-order valence-corrected chi connectivity index (χ3v) is 5.72. The monoisotopic (exact) mass is 482 g/mol. The Bertz CT molecular complexity index is 1070. The van der Waals surface area contributed by atoms with Crippen molar-refractivity contribution in [1.29, 1.82) is 0 Å². The number of esters is 2. The zero-order valence-corrected chi connectivity index (χ0v) is 17.8. The lowest BCUT2D eigenvalue weighted by Gasteiger charge is -2.07. The maximum absolute atomic E-state index is 12.6. The van der Waals surface area contributed by atoms with Crippen LogP contribution in [0.15, 0.2) is 46.9 Å². The first kappa shape index (κ1) is 20.4.